The summed E-state index contributed by atoms with van der Waals surface area (Å²) >= 11 is 2.69. The standard InChI is InChI=1S/C26H24N4O4S2/c1-16(31)30-11-10-21-22(13-27)26(36-23(21)14-30)29-24(32)15-35-20-5-3-4-18(12-20)28-25(33)17-6-8-19(34-2)9-7-17/h3-9,12H,10-11,14-15H2,1-2H3,(H,28,33)(H,29,32). The first kappa shape index (κ1) is 25.3. The first-order valence-corrected chi connectivity index (χ1v) is 13.0. The van der Waals surface area contributed by atoms with E-state index in [2.05, 4.69) is 16.7 Å². The van der Waals surface area contributed by atoms with E-state index in [-0.39, 0.29) is 23.5 Å². The lowest BCUT2D eigenvalue weighted by atomic mass is 10.0. The highest BCUT2D eigenvalue weighted by atomic mass is 32.2. The molecule has 2 N–H and O–H groups in total. The van der Waals surface area contributed by atoms with Gasteiger partial charge in [0.1, 0.15) is 16.8 Å². The molecule has 0 atom stereocenters. The van der Waals surface area contributed by atoms with Crippen molar-refractivity contribution in [3.63, 3.8) is 0 Å². The molecule has 0 fully saturated rings. The molecule has 1 aromatic heterocycles. The number of methoxy groups -OCH3 is 1. The van der Waals surface area contributed by atoms with E-state index < -0.39 is 0 Å². The number of hydrogen-bond acceptors (Lipinski definition) is 7. The molecule has 0 spiro atoms. The lowest BCUT2D eigenvalue weighted by molar-refractivity contribution is -0.129. The summed E-state index contributed by atoms with van der Waals surface area (Å²) in [6.07, 6.45) is 0.605. The summed E-state index contributed by atoms with van der Waals surface area (Å²) in [7, 11) is 1.57. The minimum absolute atomic E-state index is 0.00281. The van der Waals surface area contributed by atoms with E-state index in [4.69, 9.17) is 4.74 Å². The Hall–Kier alpha value is -3.81. The number of amides is 3. The largest absolute Gasteiger partial charge is 0.497 e. The zero-order valence-corrected chi connectivity index (χ0v) is 21.4. The minimum atomic E-state index is -0.244. The first-order chi connectivity index (χ1) is 17.4. The van der Waals surface area contributed by atoms with Crippen molar-refractivity contribution >= 4 is 51.5 Å². The molecule has 8 nitrogen and oxygen atoms in total. The molecule has 0 radical (unpaired) electrons. The summed E-state index contributed by atoms with van der Waals surface area (Å²) in [5.41, 5.74) is 2.53. The molecular weight excluding hydrogens is 496 g/mol. The third kappa shape index (κ3) is 5.87. The van der Waals surface area contributed by atoms with Crippen molar-refractivity contribution in [1.82, 2.24) is 4.90 Å². The Morgan fingerprint density at radius 2 is 1.94 bits per heavy atom. The van der Waals surface area contributed by atoms with Gasteiger partial charge >= 0.3 is 0 Å². The SMILES string of the molecule is COc1ccc(C(=O)Nc2cccc(SCC(=O)Nc3sc4c(c3C#N)CCN(C(C)=O)C4)c2)cc1. The summed E-state index contributed by atoms with van der Waals surface area (Å²) in [5.74, 6) is 0.337. The van der Waals surface area contributed by atoms with E-state index >= 15 is 0 Å². The van der Waals surface area contributed by atoms with E-state index in [0.717, 1.165) is 15.3 Å². The van der Waals surface area contributed by atoms with Crippen LogP contribution in [0.1, 0.15) is 33.3 Å². The van der Waals surface area contributed by atoms with E-state index in [9.17, 15) is 19.6 Å². The van der Waals surface area contributed by atoms with Crippen molar-refractivity contribution in [1.29, 1.82) is 5.26 Å². The van der Waals surface area contributed by atoms with Crippen LogP contribution in [-0.2, 0) is 22.6 Å². The molecule has 4 rings (SSSR count). The molecule has 10 heteroatoms. The molecular formula is C26H24N4O4S2. The van der Waals surface area contributed by atoms with Gasteiger partial charge in [0.2, 0.25) is 11.8 Å². The maximum Gasteiger partial charge on any atom is 0.255 e. The molecule has 1 aliphatic rings. The molecule has 36 heavy (non-hydrogen) atoms. The number of hydrogen-bond donors (Lipinski definition) is 2. The number of nitriles is 1. The summed E-state index contributed by atoms with van der Waals surface area (Å²) in [6.45, 7) is 2.56. The third-order valence-corrected chi connectivity index (χ3v) is 7.81. The number of carbonyl (C=O) groups is 3. The molecule has 0 unspecified atom stereocenters. The van der Waals surface area contributed by atoms with Crippen LogP contribution in [0, 0.1) is 11.3 Å². The summed E-state index contributed by atoms with van der Waals surface area (Å²) in [6, 6.07) is 16.3. The fourth-order valence-electron chi connectivity index (χ4n) is 3.80. The van der Waals surface area contributed by atoms with Gasteiger partial charge in [0, 0.05) is 34.5 Å². The Balaban J connectivity index is 1.36. The van der Waals surface area contributed by atoms with Crippen molar-refractivity contribution < 1.29 is 19.1 Å². The minimum Gasteiger partial charge on any atom is -0.497 e. The highest BCUT2D eigenvalue weighted by Crippen LogP contribution is 2.37. The van der Waals surface area contributed by atoms with Gasteiger partial charge in [-0.25, -0.2) is 0 Å². The van der Waals surface area contributed by atoms with Crippen LogP contribution in [0.15, 0.2) is 53.4 Å². The van der Waals surface area contributed by atoms with Crippen LogP contribution in [0.3, 0.4) is 0 Å². The average Bonchev–Trinajstić information content (AvgIpc) is 3.23. The van der Waals surface area contributed by atoms with Crippen molar-refractivity contribution in [2.24, 2.45) is 0 Å². The summed E-state index contributed by atoms with van der Waals surface area (Å²) < 4.78 is 5.12. The average molecular weight is 521 g/mol. The number of thioether (sulfide) groups is 1. The van der Waals surface area contributed by atoms with Gasteiger partial charge in [-0.15, -0.1) is 23.1 Å². The lowest BCUT2D eigenvalue weighted by Gasteiger charge is -2.25. The van der Waals surface area contributed by atoms with Gasteiger partial charge in [-0.2, -0.15) is 5.26 Å². The monoisotopic (exact) mass is 520 g/mol. The number of nitrogens with one attached hydrogen (secondary N) is 2. The molecule has 3 amide bonds. The molecule has 2 heterocycles. The highest BCUT2D eigenvalue weighted by Gasteiger charge is 2.26. The number of rotatable bonds is 7. The van der Waals surface area contributed by atoms with Gasteiger partial charge in [0.15, 0.2) is 0 Å². The van der Waals surface area contributed by atoms with Crippen LogP contribution in [0.4, 0.5) is 10.7 Å². The molecule has 1 aliphatic heterocycles. The maximum absolute atomic E-state index is 12.7. The second-order valence-electron chi connectivity index (χ2n) is 8.06. The zero-order valence-electron chi connectivity index (χ0n) is 19.8. The number of carbonyl (C=O) groups excluding carboxylic acids is 3. The van der Waals surface area contributed by atoms with Crippen molar-refractivity contribution in [3.8, 4) is 11.8 Å². The number of thiophene rings is 1. The second-order valence-corrected chi connectivity index (χ2v) is 10.2. The molecule has 0 saturated heterocycles. The van der Waals surface area contributed by atoms with Gasteiger partial charge in [0.25, 0.3) is 5.91 Å². The zero-order chi connectivity index (χ0) is 25.7. The Morgan fingerprint density at radius 1 is 1.17 bits per heavy atom. The van der Waals surface area contributed by atoms with Crippen LogP contribution in [-0.4, -0.2) is 42.0 Å². The Kier molecular flexibility index (Phi) is 7.93. The smallest absolute Gasteiger partial charge is 0.255 e. The fourth-order valence-corrected chi connectivity index (χ4v) is 5.78. The van der Waals surface area contributed by atoms with Crippen LogP contribution >= 0.6 is 23.1 Å². The summed E-state index contributed by atoms with van der Waals surface area (Å²) in [5, 5.41) is 15.9. The van der Waals surface area contributed by atoms with Gasteiger partial charge in [-0.3, -0.25) is 14.4 Å². The Morgan fingerprint density at radius 3 is 2.64 bits per heavy atom. The number of fused-ring (bicyclic) bond motifs is 1. The number of ether oxygens (including phenoxy) is 1. The molecule has 0 saturated carbocycles. The molecule has 0 aliphatic carbocycles. The molecule has 184 valence electrons. The van der Waals surface area contributed by atoms with Gasteiger partial charge in [-0.1, -0.05) is 6.07 Å². The Labute approximate surface area is 217 Å². The van der Waals surface area contributed by atoms with E-state index in [0.29, 0.717) is 47.1 Å². The first-order valence-electron chi connectivity index (χ1n) is 11.2. The molecule has 0 bridgehead atoms. The number of anilines is 2. The molecule has 2 aromatic carbocycles. The van der Waals surface area contributed by atoms with Gasteiger partial charge in [-0.05, 0) is 54.4 Å². The predicted octanol–water partition coefficient (Wildman–Crippen LogP) is 4.52. The van der Waals surface area contributed by atoms with Crippen LogP contribution in [0.25, 0.3) is 0 Å². The lowest BCUT2D eigenvalue weighted by Crippen LogP contribution is -2.33. The maximum atomic E-state index is 12.7. The normalized spacial score (nSPS) is 12.3. The highest BCUT2D eigenvalue weighted by molar-refractivity contribution is 8.00. The van der Waals surface area contributed by atoms with Gasteiger partial charge in [0.05, 0.1) is 25.0 Å². The quantitative estimate of drug-likeness (QED) is 0.443. The van der Waals surface area contributed by atoms with E-state index in [1.165, 1.54) is 30.0 Å². The van der Waals surface area contributed by atoms with E-state index in [1.54, 1.807) is 48.4 Å². The van der Waals surface area contributed by atoms with Crippen LogP contribution in [0.2, 0.25) is 0 Å². The van der Waals surface area contributed by atoms with Crippen LogP contribution < -0.4 is 15.4 Å². The van der Waals surface area contributed by atoms with E-state index in [1.807, 2.05) is 12.1 Å². The predicted molar refractivity (Wildman–Crippen MR) is 141 cm³/mol. The van der Waals surface area contributed by atoms with Gasteiger partial charge < -0.3 is 20.3 Å². The third-order valence-electron chi connectivity index (χ3n) is 5.68. The number of nitrogens with zero attached hydrogens (tertiary/aromatic N) is 2. The van der Waals surface area contributed by atoms with Crippen molar-refractivity contribution in [2.75, 3.05) is 30.0 Å². The molecule has 3 aromatic rings. The van der Waals surface area contributed by atoms with Crippen molar-refractivity contribution in [2.45, 2.75) is 24.8 Å². The fraction of sp³-hybridized carbons (Fsp3) is 0.231. The second kappa shape index (κ2) is 11.3. The summed E-state index contributed by atoms with van der Waals surface area (Å²) in [4.78, 5) is 40.4. The van der Waals surface area contributed by atoms with Crippen LogP contribution in [0.5, 0.6) is 5.75 Å². The Bertz CT molecular complexity index is 1340. The topological polar surface area (TPSA) is 112 Å². The van der Waals surface area contributed by atoms with Crippen molar-refractivity contribution in [3.05, 3.63) is 70.1 Å². The number of benzene rings is 2.